The maximum Gasteiger partial charge on any atom is 0.143 e. The Morgan fingerprint density at radius 1 is 0.486 bits per heavy atom. The van der Waals surface area contributed by atoms with Crippen LogP contribution in [0.1, 0.15) is 42.5 Å². The number of benzene rings is 9. The third-order valence-electron chi connectivity index (χ3n) is 15.1. The first-order valence-corrected chi connectivity index (χ1v) is 24.6. The molecule has 1 unspecified atom stereocenters. The Bertz CT molecular complexity index is 3840. The molecule has 0 radical (unpaired) electrons. The lowest BCUT2D eigenvalue weighted by atomic mass is 9.82. The Kier molecular flexibility index (Phi) is 9.78. The molecule has 0 spiro atoms. The van der Waals surface area contributed by atoms with Crippen LogP contribution in [0.15, 0.2) is 223 Å². The van der Waals surface area contributed by atoms with Crippen LogP contribution in [-0.2, 0) is 5.41 Å². The van der Waals surface area contributed by atoms with Gasteiger partial charge in [-0.2, -0.15) is 0 Å². The van der Waals surface area contributed by atoms with E-state index in [2.05, 4.69) is 256 Å². The van der Waals surface area contributed by atoms with Gasteiger partial charge in [0, 0.05) is 61.3 Å². The lowest BCUT2D eigenvalue weighted by Gasteiger charge is -2.30. The molecule has 3 aliphatic carbocycles. The summed E-state index contributed by atoms with van der Waals surface area (Å²) in [5, 5.41) is 4.85. The molecule has 0 N–H and O–H groups in total. The van der Waals surface area contributed by atoms with E-state index in [1.54, 1.807) is 0 Å². The van der Waals surface area contributed by atoms with Crippen molar-refractivity contribution < 1.29 is 4.42 Å². The molecular formula is C67H52N2O. The Morgan fingerprint density at radius 2 is 1.06 bits per heavy atom. The summed E-state index contributed by atoms with van der Waals surface area (Å²) in [6.45, 7) is 9.03. The molecule has 0 saturated heterocycles. The number of fused-ring (bicyclic) bond motifs is 8. The molecule has 1 aromatic heterocycles. The maximum absolute atomic E-state index is 6.50. The lowest BCUT2D eigenvalue weighted by Crippen LogP contribution is -2.38. The lowest BCUT2D eigenvalue weighted by molar-refractivity contribution is 0.660. The van der Waals surface area contributed by atoms with Gasteiger partial charge in [-0.25, -0.2) is 0 Å². The van der Waals surface area contributed by atoms with Crippen LogP contribution in [0.4, 0.5) is 34.1 Å². The van der Waals surface area contributed by atoms with E-state index < -0.39 is 0 Å². The van der Waals surface area contributed by atoms with Crippen LogP contribution in [-0.4, -0.2) is 0 Å². The van der Waals surface area contributed by atoms with Gasteiger partial charge in [-0.3, -0.25) is 0 Å². The smallest absolute Gasteiger partial charge is 0.143 e. The second-order valence-corrected chi connectivity index (χ2v) is 19.8. The second-order valence-electron chi connectivity index (χ2n) is 19.8. The molecule has 13 rings (SSSR count). The van der Waals surface area contributed by atoms with E-state index in [-0.39, 0.29) is 5.41 Å². The van der Waals surface area contributed by atoms with E-state index in [0.717, 1.165) is 67.9 Å². The highest BCUT2D eigenvalue weighted by Crippen LogP contribution is 2.51. The molecule has 0 amide bonds. The third kappa shape index (κ3) is 6.79. The molecule has 1 atom stereocenters. The number of furan rings is 1. The summed E-state index contributed by atoms with van der Waals surface area (Å²) in [5.74, 6) is 0.323. The molecule has 3 nitrogen and oxygen atoms in total. The summed E-state index contributed by atoms with van der Waals surface area (Å²) in [6, 6.07) is 71.5. The summed E-state index contributed by atoms with van der Waals surface area (Å²) in [4.78, 5) is 4.86. The van der Waals surface area contributed by atoms with Gasteiger partial charge in [0.25, 0.3) is 0 Å². The van der Waals surface area contributed by atoms with E-state index >= 15 is 0 Å². The topological polar surface area (TPSA) is 19.6 Å². The second kappa shape index (κ2) is 16.4. The largest absolute Gasteiger partial charge is 0.455 e. The first kappa shape index (κ1) is 41.8. The summed E-state index contributed by atoms with van der Waals surface area (Å²) in [5.41, 5.74) is 22.3. The average molecular weight is 901 g/mol. The van der Waals surface area contributed by atoms with Crippen molar-refractivity contribution in [2.24, 2.45) is 5.92 Å². The molecule has 0 fully saturated rings. The number of nitrogens with zero attached hydrogens (tertiary/aromatic N) is 2. The zero-order valence-corrected chi connectivity index (χ0v) is 39.9. The summed E-state index contributed by atoms with van der Waals surface area (Å²) < 4.78 is 6.50. The fourth-order valence-corrected chi connectivity index (χ4v) is 11.5. The monoisotopic (exact) mass is 900 g/mol. The molecule has 70 heavy (non-hydrogen) atoms. The van der Waals surface area contributed by atoms with Crippen molar-refractivity contribution in [3.05, 3.63) is 251 Å². The molecular weight excluding hydrogens is 849 g/mol. The summed E-state index contributed by atoms with van der Waals surface area (Å²) in [6.07, 6.45) is 12.5. The van der Waals surface area contributed by atoms with Crippen LogP contribution in [0.25, 0.3) is 67.0 Å². The van der Waals surface area contributed by atoms with Crippen molar-refractivity contribution in [2.45, 2.75) is 39.5 Å². The van der Waals surface area contributed by atoms with Crippen molar-refractivity contribution in [1.82, 2.24) is 0 Å². The first-order valence-electron chi connectivity index (χ1n) is 24.6. The van der Waals surface area contributed by atoms with Crippen molar-refractivity contribution in [3.63, 3.8) is 0 Å². The van der Waals surface area contributed by atoms with Crippen molar-refractivity contribution in [3.8, 4) is 33.4 Å². The number of allylic oxidation sites excluding steroid dienone is 4. The van der Waals surface area contributed by atoms with E-state index in [1.807, 2.05) is 6.07 Å². The highest BCUT2D eigenvalue weighted by atomic mass is 16.3. The first-order chi connectivity index (χ1) is 34.3. The van der Waals surface area contributed by atoms with E-state index in [0.29, 0.717) is 5.92 Å². The van der Waals surface area contributed by atoms with Gasteiger partial charge in [-0.05, 0) is 143 Å². The van der Waals surface area contributed by atoms with E-state index in [4.69, 9.17) is 4.42 Å². The average Bonchev–Trinajstić information content (AvgIpc) is 3.89. The minimum absolute atomic E-state index is 0.136. The number of aryl methyl sites for hydroxylation is 2. The fraction of sp³-hybridized carbons (Fsp3) is 0.104. The van der Waals surface area contributed by atoms with Crippen molar-refractivity contribution >= 4 is 67.7 Å². The van der Waals surface area contributed by atoms with Gasteiger partial charge in [0.15, 0.2) is 0 Å². The zero-order chi connectivity index (χ0) is 47.1. The minimum Gasteiger partial charge on any atom is -0.455 e. The van der Waals surface area contributed by atoms with E-state index in [9.17, 15) is 0 Å². The third-order valence-corrected chi connectivity index (χ3v) is 15.1. The molecule has 3 heteroatoms. The molecule has 3 aliphatic rings. The van der Waals surface area contributed by atoms with Gasteiger partial charge in [-0.15, -0.1) is 0 Å². The number of anilines is 6. The van der Waals surface area contributed by atoms with Crippen molar-refractivity contribution in [2.75, 3.05) is 9.80 Å². The minimum atomic E-state index is -0.136. The standard InChI is InChI=1S/C67H52N2O/c1-43-20-29-50(30-21-43)69(51-31-22-44(2)23-32-51)63-41-40-53(59-38-28-45-12-5-6-13-54(45)65(59)63)46-24-33-48(34-25-46)68(52-37-39-57-56-14-7-9-18-61(56)67(3,4)62(57)42-52)49-35-26-47(27-36-49)55-16-11-17-60-58-15-8-10-19-64(58)70-66(55)60/h5-27,29-42,45H,28H2,1-4H3. The number of hydrogen-bond acceptors (Lipinski definition) is 3. The highest BCUT2D eigenvalue weighted by Gasteiger charge is 2.36. The van der Waals surface area contributed by atoms with Crippen LogP contribution in [0, 0.1) is 19.8 Å². The zero-order valence-electron chi connectivity index (χ0n) is 39.9. The van der Waals surface area contributed by atoms with Crippen LogP contribution in [0.3, 0.4) is 0 Å². The van der Waals surface area contributed by atoms with Gasteiger partial charge in [0.05, 0.1) is 5.69 Å². The summed E-state index contributed by atoms with van der Waals surface area (Å²) in [7, 11) is 0. The van der Waals surface area contributed by atoms with Gasteiger partial charge in [0.2, 0.25) is 0 Å². The number of rotatable bonds is 8. The predicted octanol–water partition coefficient (Wildman–Crippen LogP) is 16.9. The number of hydrogen-bond donors (Lipinski definition) is 0. The quantitative estimate of drug-likeness (QED) is 0.151. The fourth-order valence-electron chi connectivity index (χ4n) is 11.5. The van der Waals surface area contributed by atoms with Crippen LogP contribution in [0.5, 0.6) is 0 Å². The van der Waals surface area contributed by atoms with E-state index in [1.165, 1.54) is 66.2 Å². The van der Waals surface area contributed by atoms with Gasteiger partial charge in [-0.1, -0.05) is 177 Å². The Morgan fingerprint density at radius 3 is 1.79 bits per heavy atom. The normalized spacial score (nSPS) is 15.0. The molecule has 9 aromatic carbocycles. The van der Waals surface area contributed by atoms with Gasteiger partial charge in [0.1, 0.15) is 11.2 Å². The van der Waals surface area contributed by atoms with Crippen LogP contribution < -0.4 is 20.2 Å². The Labute approximate surface area is 409 Å². The molecule has 10 aromatic rings. The van der Waals surface area contributed by atoms with Crippen LogP contribution >= 0.6 is 0 Å². The van der Waals surface area contributed by atoms with Crippen LogP contribution in [0.2, 0.25) is 0 Å². The summed E-state index contributed by atoms with van der Waals surface area (Å²) >= 11 is 0. The van der Waals surface area contributed by atoms with Gasteiger partial charge >= 0.3 is 0 Å². The maximum atomic E-state index is 6.50. The number of para-hydroxylation sites is 2. The molecule has 0 aliphatic heterocycles. The Hall–Kier alpha value is -8.40. The SMILES string of the molecule is Cc1ccc(N(c2ccc(C)cc2)c2ccc(-c3ccc(N(c4ccc(-c5cccc6c5oc5ccccc56)cc4)c4ccc5c(c4)C(C)(C)c4ccccc4-5)cc3)c3c2=C2C=CC=CC2CC=3)cc1. The highest BCUT2D eigenvalue weighted by molar-refractivity contribution is 6.09. The molecule has 0 bridgehead atoms. The van der Waals surface area contributed by atoms with Crippen molar-refractivity contribution in [1.29, 1.82) is 0 Å². The molecule has 0 saturated carbocycles. The van der Waals surface area contributed by atoms with Gasteiger partial charge < -0.3 is 14.2 Å². The Balaban J connectivity index is 0.942. The molecule has 1 heterocycles. The molecule has 336 valence electrons. The predicted molar refractivity (Wildman–Crippen MR) is 295 cm³/mol.